The fraction of sp³-hybridized carbons (Fsp3) is 0.600. The first kappa shape index (κ1) is 12.4. The predicted octanol–water partition coefficient (Wildman–Crippen LogP) is 2.43. The quantitative estimate of drug-likeness (QED) is 0.864. The molecule has 2 atom stereocenters. The van der Waals surface area contributed by atoms with Crippen LogP contribution < -0.4 is 4.72 Å². The van der Waals surface area contributed by atoms with Gasteiger partial charge in [0.05, 0.1) is 0 Å². The number of hydrogen-bond donors (Lipinski definition) is 1. The minimum absolute atomic E-state index is 0.0449. The molecule has 16 heavy (non-hydrogen) atoms. The van der Waals surface area contributed by atoms with Gasteiger partial charge in [0.25, 0.3) is 0 Å². The first-order chi connectivity index (χ1) is 7.34. The molecule has 2 rings (SSSR count). The average molecular weight is 280 g/mol. The van der Waals surface area contributed by atoms with Crippen LogP contribution >= 0.6 is 22.9 Å². The summed E-state index contributed by atoms with van der Waals surface area (Å²) in [4.78, 5) is 0. The van der Waals surface area contributed by atoms with Crippen LogP contribution in [0.2, 0.25) is 0 Å². The molecule has 90 valence electrons. The number of nitrogens with one attached hydrogen (secondary N) is 1. The average Bonchev–Trinajstić information content (AvgIpc) is 2.70. The summed E-state index contributed by atoms with van der Waals surface area (Å²) in [5.41, 5.74) is -0.175. The van der Waals surface area contributed by atoms with Crippen LogP contribution in [0.3, 0.4) is 0 Å². The maximum Gasteiger partial charge on any atom is 0.250 e. The molecular weight excluding hydrogens is 266 g/mol. The Morgan fingerprint density at radius 1 is 1.56 bits per heavy atom. The van der Waals surface area contributed by atoms with Crippen LogP contribution in [0.1, 0.15) is 20.3 Å². The number of halogens is 1. The van der Waals surface area contributed by atoms with E-state index < -0.39 is 10.0 Å². The molecule has 1 aromatic rings. The summed E-state index contributed by atoms with van der Waals surface area (Å²) in [6.07, 6.45) is 0.694. The van der Waals surface area contributed by atoms with Gasteiger partial charge in [0, 0.05) is 11.4 Å². The van der Waals surface area contributed by atoms with Gasteiger partial charge in [-0.15, -0.1) is 22.9 Å². The zero-order valence-corrected chi connectivity index (χ0v) is 11.5. The van der Waals surface area contributed by atoms with E-state index in [0.717, 1.165) is 0 Å². The highest BCUT2D eigenvalue weighted by molar-refractivity contribution is 7.91. The molecule has 0 amide bonds. The van der Waals surface area contributed by atoms with Crippen molar-refractivity contribution in [3.8, 4) is 0 Å². The van der Waals surface area contributed by atoms with E-state index in [0.29, 0.717) is 10.6 Å². The van der Waals surface area contributed by atoms with Gasteiger partial charge in [-0.25, -0.2) is 13.1 Å². The van der Waals surface area contributed by atoms with Gasteiger partial charge in [-0.3, -0.25) is 0 Å². The maximum absolute atomic E-state index is 11.9. The molecule has 1 heterocycles. The molecule has 1 aliphatic carbocycles. The molecule has 0 aromatic carbocycles. The molecule has 1 aliphatic rings. The summed E-state index contributed by atoms with van der Waals surface area (Å²) in [5.74, 6) is 0. The third-order valence-corrected chi connectivity index (χ3v) is 6.82. The molecule has 1 saturated carbocycles. The molecule has 0 spiro atoms. The summed E-state index contributed by atoms with van der Waals surface area (Å²) < 4.78 is 27.0. The lowest BCUT2D eigenvalue weighted by Crippen LogP contribution is -2.59. The standard InChI is InChI=1S/C10H14ClNO2S2/c1-10(2)7(11)6-8(10)12-16(13,14)9-4-3-5-15-9/h3-5,7-8,12H,6H2,1-2H3. The highest BCUT2D eigenvalue weighted by atomic mass is 35.5. The lowest BCUT2D eigenvalue weighted by Gasteiger charge is -2.48. The fourth-order valence-corrected chi connectivity index (χ4v) is 4.48. The minimum atomic E-state index is -3.36. The summed E-state index contributed by atoms with van der Waals surface area (Å²) in [6, 6.07) is 3.27. The van der Waals surface area contributed by atoms with Gasteiger partial charge in [0.1, 0.15) is 4.21 Å². The second-order valence-corrected chi connectivity index (χ2v) is 8.05. The van der Waals surface area contributed by atoms with Crippen LogP contribution in [-0.2, 0) is 10.0 Å². The zero-order valence-electron chi connectivity index (χ0n) is 9.10. The largest absolute Gasteiger partial charge is 0.250 e. The number of rotatable bonds is 3. The smallest absolute Gasteiger partial charge is 0.207 e. The van der Waals surface area contributed by atoms with Gasteiger partial charge < -0.3 is 0 Å². The summed E-state index contributed by atoms with van der Waals surface area (Å²) >= 11 is 7.28. The van der Waals surface area contributed by atoms with Gasteiger partial charge >= 0.3 is 0 Å². The molecular formula is C10H14ClNO2S2. The van der Waals surface area contributed by atoms with Crippen molar-refractivity contribution in [2.75, 3.05) is 0 Å². The third-order valence-electron chi connectivity index (χ3n) is 3.21. The van der Waals surface area contributed by atoms with E-state index in [1.807, 2.05) is 13.8 Å². The number of alkyl halides is 1. The van der Waals surface area contributed by atoms with Gasteiger partial charge in [-0.1, -0.05) is 19.9 Å². The maximum atomic E-state index is 11.9. The molecule has 0 aliphatic heterocycles. The van der Waals surface area contributed by atoms with Crippen molar-refractivity contribution in [1.29, 1.82) is 0 Å². The SMILES string of the molecule is CC1(C)C(Cl)CC1NS(=O)(=O)c1cccs1. The fourth-order valence-electron chi connectivity index (χ4n) is 1.73. The lowest BCUT2D eigenvalue weighted by molar-refractivity contribution is 0.137. The second kappa shape index (κ2) is 3.98. The molecule has 0 bridgehead atoms. The minimum Gasteiger partial charge on any atom is -0.207 e. The summed E-state index contributed by atoms with van der Waals surface area (Å²) in [5, 5.41) is 1.80. The van der Waals surface area contributed by atoms with E-state index in [9.17, 15) is 8.42 Å². The predicted molar refractivity (Wildman–Crippen MR) is 66.5 cm³/mol. The van der Waals surface area contributed by atoms with Crippen molar-refractivity contribution in [3.05, 3.63) is 17.5 Å². The van der Waals surface area contributed by atoms with E-state index in [2.05, 4.69) is 4.72 Å². The van der Waals surface area contributed by atoms with E-state index in [4.69, 9.17) is 11.6 Å². The molecule has 3 nitrogen and oxygen atoms in total. The van der Waals surface area contributed by atoms with Gasteiger partial charge in [-0.2, -0.15) is 0 Å². The Bertz CT molecular complexity index is 467. The van der Waals surface area contributed by atoms with Crippen molar-refractivity contribution in [1.82, 2.24) is 4.72 Å². The van der Waals surface area contributed by atoms with Crippen LogP contribution in [0.5, 0.6) is 0 Å². The Kier molecular flexibility index (Phi) is 3.07. The third kappa shape index (κ3) is 2.01. The Morgan fingerprint density at radius 2 is 2.25 bits per heavy atom. The first-order valence-corrected chi connectivity index (χ1v) is 7.84. The summed E-state index contributed by atoms with van der Waals surface area (Å²) in [7, 11) is -3.36. The zero-order chi connectivity index (χ0) is 12.0. The van der Waals surface area contributed by atoms with E-state index in [1.54, 1.807) is 17.5 Å². The van der Waals surface area contributed by atoms with Gasteiger partial charge in [0.15, 0.2) is 0 Å². The Balaban J connectivity index is 2.12. The molecule has 0 radical (unpaired) electrons. The monoisotopic (exact) mass is 279 g/mol. The second-order valence-electron chi connectivity index (χ2n) is 4.63. The molecule has 6 heteroatoms. The summed E-state index contributed by atoms with van der Waals surface area (Å²) in [6.45, 7) is 3.96. The molecule has 0 saturated heterocycles. The van der Waals surface area contributed by atoms with Crippen molar-refractivity contribution < 1.29 is 8.42 Å². The number of thiophene rings is 1. The van der Waals surface area contributed by atoms with Crippen molar-refractivity contribution >= 4 is 33.0 Å². The molecule has 1 N–H and O–H groups in total. The first-order valence-electron chi connectivity index (χ1n) is 5.04. The molecule has 1 fully saturated rings. The lowest BCUT2D eigenvalue weighted by atomic mass is 9.67. The van der Waals surface area contributed by atoms with E-state index in [1.165, 1.54) is 11.3 Å². The Hall–Kier alpha value is -0.100. The van der Waals surface area contributed by atoms with Crippen LogP contribution in [0, 0.1) is 5.41 Å². The van der Waals surface area contributed by atoms with Crippen LogP contribution in [0.4, 0.5) is 0 Å². The highest BCUT2D eigenvalue weighted by Crippen LogP contribution is 2.44. The molecule has 2 unspecified atom stereocenters. The Labute approximate surface area is 105 Å². The van der Waals surface area contributed by atoms with Crippen LogP contribution in [0.15, 0.2) is 21.7 Å². The van der Waals surface area contributed by atoms with E-state index in [-0.39, 0.29) is 16.8 Å². The highest BCUT2D eigenvalue weighted by Gasteiger charge is 2.48. The number of hydrogen-bond acceptors (Lipinski definition) is 3. The number of sulfonamides is 1. The Morgan fingerprint density at radius 3 is 2.69 bits per heavy atom. The van der Waals surface area contributed by atoms with Crippen molar-refractivity contribution in [2.24, 2.45) is 5.41 Å². The van der Waals surface area contributed by atoms with E-state index >= 15 is 0 Å². The molecule has 1 aromatic heterocycles. The normalized spacial score (nSPS) is 28.7. The topological polar surface area (TPSA) is 46.2 Å². The van der Waals surface area contributed by atoms with Crippen molar-refractivity contribution in [2.45, 2.75) is 35.9 Å². The van der Waals surface area contributed by atoms with Crippen molar-refractivity contribution in [3.63, 3.8) is 0 Å². The van der Waals surface area contributed by atoms with Gasteiger partial charge in [0.2, 0.25) is 10.0 Å². The van der Waals surface area contributed by atoms with Gasteiger partial charge in [-0.05, 0) is 23.3 Å². The van der Waals surface area contributed by atoms with Crippen LogP contribution in [0.25, 0.3) is 0 Å². The van der Waals surface area contributed by atoms with Crippen LogP contribution in [-0.4, -0.2) is 19.8 Å².